The lowest BCUT2D eigenvalue weighted by atomic mass is 9.96. The van der Waals surface area contributed by atoms with Crippen molar-refractivity contribution in [1.82, 2.24) is 0 Å². The molecule has 1 nitrogen and oxygen atoms in total. The molecule has 124 valence electrons. The van der Waals surface area contributed by atoms with Crippen LogP contribution in [0.2, 0.25) is 58.9 Å². The highest BCUT2D eigenvalue weighted by Gasteiger charge is 2.64. The standard InChI is InChI=1S/C16H38OSi4/c1-18(2,3)21(19(4,5)6,20(7,8)9)17-15-16-13-11-10-12-14-16/h15H,10-14H2,1-9H3. The van der Waals surface area contributed by atoms with E-state index in [1.54, 1.807) is 5.57 Å². The van der Waals surface area contributed by atoms with Crippen molar-refractivity contribution in [2.45, 2.75) is 91.0 Å². The van der Waals surface area contributed by atoms with Gasteiger partial charge in [-0.2, -0.15) is 0 Å². The SMILES string of the molecule is C[Si](C)(C)[Si](OC=C1CCCCC1)([Si](C)(C)C)[Si](C)(C)C. The fraction of sp³-hybridized carbons (Fsp3) is 0.875. The molecule has 0 atom stereocenters. The van der Waals surface area contributed by atoms with E-state index in [1.807, 2.05) is 0 Å². The van der Waals surface area contributed by atoms with Crippen molar-refractivity contribution in [1.29, 1.82) is 0 Å². The first-order valence-electron chi connectivity index (χ1n) is 8.69. The van der Waals surface area contributed by atoms with E-state index < -0.39 is 29.6 Å². The van der Waals surface area contributed by atoms with E-state index in [0.29, 0.717) is 0 Å². The molecule has 1 aliphatic carbocycles. The van der Waals surface area contributed by atoms with Crippen molar-refractivity contribution in [3.63, 3.8) is 0 Å². The minimum Gasteiger partial charge on any atom is -0.557 e. The molecule has 5 heteroatoms. The van der Waals surface area contributed by atoms with Crippen molar-refractivity contribution >= 4 is 29.6 Å². The Morgan fingerprint density at radius 3 is 1.38 bits per heavy atom. The summed E-state index contributed by atoms with van der Waals surface area (Å²) in [7, 11) is -3.89. The average molecular weight is 359 g/mol. The van der Waals surface area contributed by atoms with Gasteiger partial charge in [0.15, 0.2) is 0 Å². The van der Waals surface area contributed by atoms with Gasteiger partial charge in [-0.1, -0.05) is 65.3 Å². The summed E-state index contributed by atoms with van der Waals surface area (Å²) in [6, 6.07) is 0. The molecule has 1 rings (SSSR count). The van der Waals surface area contributed by atoms with Gasteiger partial charge in [-0.15, -0.1) is 0 Å². The molecule has 1 aliphatic rings. The van der Waals surface area contributed by atoms with Crippen LogP contribution in [0.5, 0.6) is 0 Å². The number of hydrogen-bond donors (Lipinski definition) is 0. The van der Waals surface area contributed by atoms with E-state index in [1.165, 1.54) is 32.1 Å². The van der Waals surface area contributed by atoms with Crippen molar-refractivity contribution in [3.8, 4) is 0 Å². The largest absolute Gasteiger partial charge is 0.557 e. The molecule has 0 unspecified atom stereocenters. The van der Waals surface area contributed by atoms with Crippen LogP contribution < -0.4 is 0 Å². The lowest BCUT2D eigenvalue weighted by Crippen LogP contribution is -2.83. The third kappa shape index (κ3) is 4.03. The number of rotatable bonds is 5. The zero-order valence-corrected chi connectivity index (χ0v) is 20.0. The van der Waals surface area contributed by atoms with Gasteiger partial charge in [-0.3, -0.25) is 0 Å². The van der Waals surface area contributed by atoms with E-state index in [0.717, 1.165) is 0 Å². The maximum atomic E-state index is 7.02. The molecule has 0 bridgehead atoms. The molecule has 0 aromatic rings. The quantitative estimate of drug-likeness (QED) is 0.429. The molecule has 0 aliphatic heterocycles. The van der Waals surface area contributed by atoms with Gasteiger partial charge >= 0.3 is 0 Å². The van der Waals surface area contributed by atoms with Gasteiger partial charge in [-0.05, 0) is 31.3 Å². The van der Waals surface area contributed by atoms with Gasteiger partial charge in [0.25, 0.3) is 0 Å². The summed E-state index contributed by atoms with van der Waals surface area (Å²) in [5, 5.41) is 0. The highest BCUT2D eigenvalue weighted by molar-refractivity contribution is 7.87. The lowest BCUT2D eigenvalue weighted by Gasteiger charge is -2.55. The van der Waals surface area contributed by atoms with Crippen LogP contribution in [-0.4, -0.2) is 29.6 Å². The van der Waals surface area contributed by atoms with E-state index in [2.05, 4.69) is 65.2 Å². The molecule has 0 spiro atoms. The van der Waals surface area contributed by atoms with Gasteiger partial charge in [0.1, 0.15) is 0 Å². The second-order valence-corrected chi connectivity index (χ2v) is 49.3. The first kappa shape index (κ1) is 19.5. The van der Waals surface area contributed by atoms with Crippen LogP contribution in [-0.2, 0) is 4.43 Å². The maximum absolute atomic E-state index is 7.02. The molecular formula is C16H38OSi4. The van der Waals surface area contributed by atoms with Crippen LogP contribution in [0, 0.1) is 0 Å². The normalized spacial score (nSPS) is 18.6. The monoisotopic (exact) mass is 358 g/mol. The Balaban J connectivity index is 3.24. The van der Waals surface area contributed by atoms with E-state index in [4.69, 9.17) is 4.43 Å². The minimum atomic E-state index is -1.64. The number of hydrogen-bond acceptors (Lipinski definition) is 1. The molecule has 1 fully saturated rings. The Bertz CT molecular complexity index is 339. The molecule has 0 amide bonds. The van der Waals surface area contributed by atoms with E-state index >= 15 is 0 Å². The fourth-order valence-corrected chi connectivity index (χ4v) is 98.1. The molecular weight excluding hydrogens is 321 g/mol. The summed E-state index contributed by atoms with van der Waals surface area (Å²) in [5.74, 6) is 0. The summed E-state index contributed by atoms with van der Waals surface area (Å²) in [4.78, 5) is 0. The Morgan fingerprint density at radius 2 is 1.05 bits per heavy atom. The molecule has 0 aromatic heterocycles. The fourth-order valence-electron chi connectivity index (χ4n) is 5.20. The Kier molecular flexibility index (Phi) is 6.01. The predicted molar refractivity (Wildman–Crippen MR) is 108 cm³/mol. The Hall–Kier alpha value is 0.408. The smallest absolute Gasteiger partial charge is 0.205 e. The van der Waals surface area contributed by atoms with E-state index in [9.17, 15) is 0 Å². The Labute approximate surface area is 137 Å². The zero-order valence-electron chi connectivity index (χ0n) is 16.0. The van der Waals surface area contributed by atoms with Crippen molar-refractivity contribution in [2.75, 3.05) is 0 Å². The Morgan fingerprint density at radius 1 is 0.667 bits per heavy atom. The summed E-state index contributed by atoms with van der Waals surface area (Å²) >= 11 is 0. The third-order valence-electron chi connectivity index (χ3n) is 5.07. The molecule has 0 aromatic carbocycles. The molecule has 21 heavy (non-hydrogen) atoms. The van der Waals surface area contributed by atoms with Gasteiger partial charge in [0.05, 0.1) is 29.0 Å². The highest BCUT2D eigenvalue weighted by atomic mass is 29.9. The van der Waals surface area contributed by atoms with Crippen molar-refractivity contribution in [2.24, 2.45) is 0 Å². The topological polar surface area (TPSA) is 9.23 Å². The zero-order chi connectivity index (χ0) is 16.5. The second kappa shape index (κ2) is 6.49. The lowest BCUT2D eigenvalue weighted by molar-refractivity contribution is 0.479. The van der Waals surface area contributed by atoms with Crippen LogP contribution in [0.4, 0.5) is 0 Å². The van der Waals surface area contributed by atoms with Crippen LogP contribution in [0.25, 0.3) is 0 Å². The van der Waals surface area contributed by atoms with Crippen LogP contribution >= 0.6 is 0 Å². The maximum Gasteiger partial charge on any atom is 0.205 e. The summed E-state index contributed by atoms with van der Waals surface area (Å²) < 4.78 is 7.02. The minimum absolute atomic E-state index is 1.29. The van der Waals surface area contributed by atoms with Gasteiger partial charge < -0.3 is 4.43 Å². The summed E-state index contributed by atoms with van der Waals surface area (Å²) in [6.45, 7) is 21.7. The molecule has 0 N–H and O–H groups in total. The predicted octanol–water partition coefficient (Wildman–Crippen LogP) is 6.05. The van der Waals surface area contributed by atoms with Gasteiger partial charge in [0, 0.05) is 0 Å². The molecule has 0 radical (unpaired) electrons. The average Bonchev–Trinajstić information content (AvgIpc) is 2.25. The van der Waals surface area contributed by atoms with Crippen LogP contribution in [0.15, 0.2) is 11.8 Å². The summed E-state index contributed by atoms with van der Waals surface area (Å²) in [6.07, 6.45) is 9.02. The number of allylic oxidation sites excluding steroid dienone is 1. The molecule has 0 saturated heterocycles. The van der Waals surface area contributed by atoms with Gasteiger partial charge in [-0.25, -0.2) is 0 Å². The second-order valence-electron chi connectivity index (χ2n) is 9.89. The first-order valence-corrected chi connectivity index (χ1v) is 24.1. The molecule has 1 saturated carbocycles. The highest BCUT2D eigenvalue weighted by Crippen LogP contribution is 2.38. The van der Waals surface area contributed by atoms with Gasteiger partial charge in [0.2, 0.25) is 6.87 Å². The van der Waals surface area contributed by atoms with E-state index in [-0.39, 0.29) is 0 Å². The van der Waals surface area contributed by atoms with Crippen LogP contribution in [0.1, 0.15) is 32.1 Å². The third-order valence-corrected chi connectivity index (χ3v) is 72.4. The first-order chi connectivity index (χ1) is 9.33. The summed E-state index contributed by atoms with van der Waals surface area (Å²) in [5.41, 5.74) is 1.60. The molecule has 0 heterocycles. The van der Waals surface area contributed by atoms with Crippen LogP contribution in [0.3, 0.4) is 0 Å². The van der Waals surface area contributed by atoms with Crippen molar-refractivity contribution in [3.05, 3.63) is 11.8 Å². The van der Waals surface area contributed by atoms with Crippen molar-refractivity contribution < 1.29 is 4.43 Å².